The van der Waals surface area contributed by atoms with Crippen LogP contribution in [-0.2, 0) is 0 Å². The number of anilines is 1. The molecule has 0 atom stereocenters. The van der Waals surface area contributed by atoms with Crippen LogP contribution in [0.2, 0.25) is 10.0 Å². The Morgan fingerprint density at radius 1 is 1.22 bits per heavy atom. The Morgan fingerprint density at radius 3 is 2.50 bits per heavy atom. The minimum absolute atomic E-state index is 0.191. The highest BCUT2D eigenvalue weighted by Gasteiger charge is 2.17. The second-order valence-corrected chi connectivity index (χ2v) is 5.29. The zero-order valence-electron chi connectivity index (χ0n) is 10.4. The zero-order chi connectivity index (χ0) is 13.4. The summed E-state index contributed by atoms with van der Waals surface area (Å²) in [7, 11) is 0. The van der Waals surface area contributed by atoms with Gasteiger partial charge in [-0.25, -0.2) is 4.68 Å². The van der Waals surface area contributed by atoms with Gasteiger partial charge in [0.05, 0.1) is 16.4 Å². The van der Waals surface area contributed by atoms with Gasteiger partial charge in [0.25, 0.3) is 0 Å². The van der Waals surface area contributed by atoms with Crippen molar-refractivity contribution < 1.29 is 0 Å². The van der Waals surface area contributed by atoms with Crippen molar-refractivity contribution in [1.29, 1.82) is 0 Å². The van der Waals surface area contributed by atoms with Gasteiger partial charge >= 0.3 is 0 Å². The second kappa shape index (κ2) is 4.78. The number of benzene rings is 1. The fourth-order valence-corrected chi connectivity index (χ4v) is 2.27. The van der Waals surface area contributed by atoms with Crippen molar-refractivity contribution in [3.05, 3.63) is 33.4 Å². The van der Waals surface area contributed by atoms with Crippen molar-refractivity contribution in [3.8, 4) is 5.69 Å². The van der Waals surface area contributed by atoms with E-state index < -0.39 is 0 Å². The number of nitrogen functional groups attached to an aromatic ring is 1. The fraction of sp³-hybridized carbons (Fsp3) is 0.333. The molecule has 2 rings (SSSR count). The zero-order valence-corrected chi connectivity index (χ0v) is 11.9. The second-order valence-electron chi connectivity index (χ2n) is 4.48. The predicted molar refractivity (Wildman–Crippen MR) is 74.6 cm³/mol. The molecule has 0 aliphatic heterocycles. The van der Waals surface area contributed by atoms with Crippen molar-refractivity contribution in [2.75, 3.05) is 5.73 Å². The van der Waals surface area contributed by atoms with Gasteiger partial charge < -0.3 is 5.73 Å². The van der Waals surface area contributed by atoms with Gasteiger partial charge in [0.15, 0.2) is 5.82 Å². The van der Waals surface area contributed by atoms with Crippen LogP contribution in [-0.4, -0.2) is 15.0 Å². The van der Waals surface area contributed by atoms with Crippen LogP contribution in [0.3, 0.4) is 0 Å². The summed E-state index contributed by atoms with van der Waals surface area (Å²) in [6.07, 6.45) is 0. The number of halogens is 2. The van der Waals surface area contributed by atoms with Crippen molar-refractivity contribution in [2.24, 2.45) is 0 Å². The molecule has 0 amide bonds. The number of aryl methyl sites for hydroxylation is 1. The maximum atomic E-state index is 6.23. The van der Waals surface area contributed by atoms with E-state index in [-0.39, 0.29) is 5.92 Å². The molecule has 0 aliphatic carbocycles. The maximum absolute atomic E-state index is 6.23. The highest BCUT2D eigenvalue weighted by molar-refractivity contribution is 6.35. The molecule has 0 unspecified atom stereocenters. The van der Waals surface area contributed by atoms with E-state index in [0.717, 1.165) is 11.3 Å². The van der Waals surface area contributed by atoms with Crippen molar-refractivity contribution in [3.63, 3.8) is 0 Å². The van der Waals surface area contributed by atoms with Crippen LogP contribution in [0.4, 0.5) is 5.82 Å². The minimum Gasteiger partial charge on any atom is -0.381 e. The Morgan fingerprint density at radius 2 is 1.89 bits per heavy atom. The first kappa shape index (κ1) is 13.2. The van der Waals surface area contributed by atoms with E-state index >= 15 is 0 Å². The predicted octanol–water partition coefficient (Wildman–Crippen LogP) is 3.59. The van der Waals surface area contributed by atoms with Gasteiger partial charge in [0.2, 0.25) is 0 Å². The molecule has 1 heterocycles. The lowest BCUT2D eigenvalue weighted by Gasteiger charge is -2.12. The van der Waals surface area contributed by atoms with Crippen LogP contribution in [0.25, 0.3) is 5.69 Å². The van der Waals surface area contributed by atoms with Gasteiger partial charge in [0.1, 0.15) is 0 Å². The summed E-state index contributed by atoms with van der Waals surface area (Å²) in [5.41, 5.74) is 8.27. The lowest BCUT2D eigenvalue weighted by atomic mass is 10.1. The molecule has 2 N–H and O–H groups in total. The first-order valence-electron chi connectivity index (χ1n) is 5.59. The van der Waals surface area contributed by atoms with E-state index in [0.29, 0.717) is 21.6 Å². The van der Waals surface area contributed by atoms with Crippen molar-refractivity contribution in [2.45, 2.75) is 26.7 Å². The molecular formula is C12H14Cl2N4. The molecule has 6 heteroatoms. The first-order valence-corrected chi connectivity index (χ1v) is 6.34. The summed E-state index contributed by atoms with van der Waals surface area (Å²) < 4.78 is 1.65. The summed E-state index contributed by atoms with van der Waals surface area (Å²) in [6.45, 7) is 5.95. The number of nitrogens with zero attached hydrogens (tertiary/aromatic N) is 3. The molecule has 0 saturated heterocycles. The van der Waals surface area contributed by atoms with E-state index in [2.05, 4.69) is 10.3 Å². The van der Waals surface area contributed by atoms with E-state index in [1.165, 1.54) is 0 Å². The number of nitrogens with two attached hydrogens (primary N) is 1. The van der Waals surface area contributed by atoms with Gasteiger partial charge in [-0.2, -0.15) is 0 Å². The minimum atomic E-state index is 0.191. The average Bonchev–Trinajstić information content (AvgIpc) is 2.65. The van der Waals surface area contributed by atoms with Gasteiger partial charge in [-0.15, -0.1) is 5.10 Å². The molecule has 0 aliphatic rings. The molecule has 0 saturated carbocycles. The van der Waals surface area contributed by atoms with Gasteiger partial charge in [-0.05, 0) is 30.5 Å². The Hall–Kier alpha value is -1.26. The number of hydrogen-bond donors (Lipinski definition) is 1. The highest BCUT2D eigenvalue weighted by Crippen LogP contribution is 2.30. The van der Waals surface area contributed by atoms with Crippen LogP contribution in [0.15, 0.2) is 12.1 Å². The van der Waals surface area contributed by atoms with Crippen LogP contribution in [0.1, 0.15) is 31.0 Å². The largest absolute Gasteiger partial charge is 0.381 e. The third-order valence-electron chi connectivity index (χ3n) is 2.74. The van der Waals surface area contributed by atoms with Gasteiger partial charge in [-0.1, -0.05) is 42.3 Å². The Labute approximate surface area is 116 Å². The average molecular weight is 285 g/mol. The number of rotatable bonds is 2. The number of aromatic nitrogens is 3. The smallest absolute Gasteiger partial charge is 0.169 e. The lowest BCUT2D eigenvalue weighted by Crippen LogP contribution is -2.06. The lowest BCUT2D eigenvalue weighted by molar-refractivity contribution is 0.716. The standard InChI is InChI=1S/C12H14Cl2N4/c1-6(2)11-12(15)16-17-18(11)10-5-8(13)7(3)4-9(10)14/h4-6H,15H2,1-3H3. The Balaban J connectivity index is 2.66. The number of hydrogen-bond acceptors (Lipinski definition) is 3. The molecule has 96 valence electrons. The topological polar surface area (TPSA) is 56.7 Å². The summed E-state index contributed by atoms with van der Waals surface area (Å²) in [5.74, 6) is 0.605. The van der Waals surface area contributed by atoms with Crippen LogP contribution in [0.5, 0.6) is 0 Å². The third kappa shape index (κ3) is 2.18. The van der Waals surface area contributed by atoms with E-state index in [1.54, 1.807) is 16.8 Å². The van der Waals surface area contributed by atoms with E-state index in [9.17, 15) is 0 Å². The molecule has 0 bridgehead atoms. The Bertz CT molecular complexity index is 590. The Kier molecular flexibility index (Phi) is 3.50. The fourth-order valence-electron chi connectivity index (χ4n) is 1.82. The highest BCUT2D eigenvalue weighted by atomic mass is 35.5. The summed E-state index contributed by atoms with van der Waals surface area (Å²) in [5, 5.41) is 9.14. The molecule has 2 aromatic rings. The molecule has 1 aromatic carbocycles. The molecule has 0 fully saturated rings. The van der Waals surface area contributed by atoms with Gasteiger partial charge in [0, 0.05) is 5.02 Å². The summed E-state index contributed by atoms with van der Waals surface area (Å²) >= 11 is 12.4. The maximum Gasteiger partial charge on any atom is 0.169 e. The third-order valence-corrected chi connectivity index (χ3v) is 3.45. The summed E-state index contributed by atoms with van der Waals surface area (Å²) in [4.78, 5) is 0. The quantitative estimate of drug-likeness (QED) is 0.917. The van der Waals surface area contributed by atoms with Crippen LogP contribution < -0.4 is 5.73 Å². The van der Waals surface area contributed by atoms with Crippen molar-refractivity contribution in [1.82, 2.24) is 15.0 Å². The molecular weight excluding hydrogens is 271 g/mol. The monoisotopic (exact) mass is 284 g/mol. The normalized spacial score (nSPS) is 11.2. The first-order chi connectivity index (χ1) is 8.41. The van der Waals surface area contributed by atoms with Crippen molar-refractivity contribution >= 4 is 29.0 Å². The summed E-state index contributed by atoms with van der Waals surface area (Å²) in [6, 6.07) is 3.58. The molecule has 0 radical (unpaired) electrons. The molecule has 1 aromatic heterocycles. The van der Waals surface area contributed by atoms with Crippen LogP contribution >= 0.6 is 23.2 Å². The molecule has 4 nitrogen and oxygen atoms in total. The molecule has 0 spiro atoms. The van der Waals surface area contributed by atoms with E-state index in [4.69, 9.17) is 28.9 Å². The SMILES string of the molecule is Cc1cc(Cl)c(-n2nnc(N)c2C(C)C)cc1Cl. The van der Waals surface area contributed by atoms with Crippen LogP contribution in [0, 0.1) is 6.92 Å². The van der Waals surface area contributed by atoms with Gasteiger partial charge in [-0.3, -0.25) is 0 Å². The molecule has 18 heavy (non-hydrogen) atoms. The van der Waals surface area contributed by atoms with E-state index in [1.807, 2.05) is 20.8 Å².